The van der Waals surface area contributed by atoms with Crippen LogP contribution in [-0.2, 0) is 9.59 Å². The molecule has 23 heavy (non-hydrogen) atoms. The first kappa shape index (κ1) is 19.3. The molecule has 0 spiro atoms. The number of nitrogens with one attached hydrogen (secondary N) is 1. The summed E-state index contributed by atoms with van der Waals surface area (Å²) in [5.74, 6) is 0.235. The SMILES string of the molecule is CC[C@H](C)C(=O)Nc1ccc(OCC(=O)N(CC)CC)c(Cl)c1. The number of anilines is 1. The molecule has 128 valence electrons. The van der Waals surface area contributed by atoms with Crippen LogP contribution >= 0.6 is 11.6 Å². The fourth-order valence-electron chi connectivity index (χ4n) is 1.95. The number of likely N-dealkylation sites (N-methyl/N-ethyl adjacent to an activating group) is 1. The first-order valence-electron chi connectivity index (χ1n) is 7.93. The fourth-order valence-corrected chi connectivity index (χ4v) is 2.19. The van der Waals surface area contributed by atoms with Crippen molar-refractivity contribution in [2.24, 2.45) is 5.92 Å². The molecule has 0 aliphatic carbocycles. The highest BCUT2D eigenvalue weighted by Gasteiger charge is 2.13. The molecule has 1 atom stereocenters. The molecule has 0 aromatic heterocycles. The Morgan fingerprint density at radius 2 is 1.91 bits per heavy atom. The molecule has 0 radical (unpaired) electrons. The lowest BCUT2D eigenvalue weighted by molar-refractivity contribution is -0.133. The highest BCUT2D eigenvalue weighted by Crippen LogP contribution is 2.28. The van der Waals surface area contributed by atoms with Crippen molar-refractivity contribution >= 4 is 29.1 Å². The van der Waals surface area contributed by atoms with E-state index in [4.69, 9.17) is 16.3 Å². The van der Waals surface area contributed by atoms with Gasteiger partial charge in [0.1, 0.15) is 5.75 Å². The zero-order chi connectivity index (χ0) is 17.4. The number of amides is 2. The Kier molecular flexibility index (Phi) is 7.89. The van der Waals surface area contributed by atoms with Gasteiger partial charge < -0.3 is 15.0 Å². The number of nitrogens with zero attached hydrogens (tertiary/aromatic N) is 1. The molecule has 2 amide bonds. The standard InChI is InChI=1S/C17H25ClN2O3/c1-5-12(4)17(22)19-13-8-9-15(14(18)10-13)23-11-16(21)20(6-2)7-3/h8-10,12H,5-7,11H2,1-4H3,(H,19,22)/t12-/m0/s1. The Labute approximate surface area is 142 Å². The molecule has 1 aromatic carbocycles. The van der Waals surface area contributed by atoms with Gasteiger partial charge in [-0.25, -0.2) is 0 Å². The third-order valence-corrected chi connectivity index (χ3v) is 4.02. The lowest BCUT2D eigenvalue weighted by Gasteiger charge is -2.19. The van der Waals surface area contributed by atoms with E-state index in [1.54, 1.807) is 23.1 Å². The van der Waals surface area contributed by atoms with Crippen molar-refractivity contribution in [3.8, 4) is 5.75 Å². The summed E-state index contributed by atoms with van der Waals surface area (Å²) < 4.78 is 5.48. The van der Waals surface area contributed by atoms with E-state index in [0.29, 0.717) is 29.5 Å². The molecule has 0 unspecified atom stereocenters. The number of carbonyl (C=O) groups is 2. The first-order valence-corrected chi connectivity index (χ1v) is 8.31. The van der Waals surface area contributed by atoms with E-state index >= 15 is 0 Å². The summed E-state index contributed by atoms with van der Waals surface area (Å²) in [5.41, 5.74) is 0.614. The maximum absolute atomic E-state index is 11.9. The maximum Gasteiger partial charge on any atom is 0.260 e. The van der Waals surface area contributed by atoms with Gasteiger partial charge in [-0.15, -0.1) is 0 Å². The van der Waals surface area contributed by atoms with Gasteiger partial charge in [-0.3, -0.25) is 9.59 Å². The molecule has 0 fully saturated rings. The third-order valence-electron chi connectivity index (χ3n) is 3.73. The summed E-state index contributed by atoms with van der Waals surface area (Å²) in [4.78, 5) is 25.5. The molecule has 1 aromatic rings. The van der Waals surface area contributed by atoms with Crippen LogP contribution in [0.4, 0.5) is 5.69 Å². The molecule has 0 saturated heterocycles. The van der Waals surface area contributed by atoms with E-state index in [1.807, 2.05) is 27.7 Å². The van der Waals surface area contributed by atoms with E-state index in [0.717, 1.165) is 6.42 Å². The smallest absolute Gasteiger partial charge is 0.260 e. The van der Waals surface area contributed by atoms with Crippen LogP contribution in [0.15, 0.2) is 18.2 Å². The Hall–Kier alpha value is -1.75. The van der Waals surface area contributed by atoms with E-state index in [9.17, 15) is 9.59 Å². The van der Waals surface area contributed by atoms with Gasteiger partial charge in [-0.2, -0.15) is 0 Å². The zero-order valence-corrected chi connectivity index (χ0v) is 14.9. The van der Waals surface area contributed by atoms with E-state index in [2.05, 4.69) is 5.32 Å². The van der Waals surface area contributed by atoms with Crippen molar-refractivity contribution in [2.75, 3.05) is 25.0 Å². The van der Waals surface area contributed by atoms with E-state index in [-0.39, 0.29) is 24.3 Å². The van der Waals surface area contributed by atoms with Crippen molar-refractivity contribution in [3.63, 3.8) is 0 Å². The summed E-state index contributed by atoms with van der Waals surface area (Å²) in [7, 11) is 0. The van der Waals surface area contributed by atoms with Gasteiger partial charge in [0.2, 0.25) is 5.91 Å². The van der Waals surface area contributed by atoms with Crippen molar-refractivity contribution in [3.05, 3.63) is 23.2 Å². The summed E-state index contributed by atoms with van der Waals surface area (Å²) in [6.45, 7) is 8.90. The second-order valence-electron chi connectivity index (χ2n) is 5.30. The van der Waals surface area contributed by atoms with Crippen LogP contribution in [0, 0.1) is 5.92 Å². The molecular formula is C17H25ClN2O3. The van der Waals surface area contributed by atoms with Gasteiger partial charge in [-0.05, 0) is 38.5 Å². The Morgan fingerprint density at radius 3 is 2.43 bits per heavy atom. The molecule has 0 aliphatic rings. The predicted molar refractivity (Wildman–Crippen MR) is 93.0 cm³/mol. The number of carbonyl (C=O) groups excluding carboxylic acids is 2. The molecule has 0 saturated carbocycles. The van der Waals surface area contributed by atoms with Crippen LogP contribution in [0.2, 0.25) is 5.02 Å². The third kappa shape index (κ3) is 5.75. The topological polar surface area (TPSA) is 58.6 Å². The maximum atomic E-state index is 11.9. The zero-order valence-electron chi connectivity index (χ0n) is 14.2. The van der Waals surface area contributed by atoms with Crippen LogP contribution in [0.3, 0.4) is 0 Å². The normalized spacial score (nSPS) is 11.7. The minimum absolute atomic E-state index is 0.0473. The van der Waals surface area contributed by atoms with Crippen LogP contribution in [0.5, 0.6) is 5.75 Å². The summed E-state index contributed by atoms with van der Waals surface area (Å²) in [5, 5.41) is 3.17. The largest absolute Gasteiger partial charge is 0.482 e. The lowest BCUT2D eigenvalue weighted by atomic mass is 10.1. The van der Waals surface area contributed by atoms with Gasteiger partial charge >= 0.3 is 0 Å². The average Bonchev–Trinajstić information content (AvgIpc) is 2.54. The van der Waals surface area contributed by atoms with Crippen LogP contribution in [0.1, 0.15) is 34.1 Å². The minimum Gasteiger partial charge on any atom is -0.482 e. The van der Waals surface area contributed by atoms with Crippen molar-refractivity contribution in [1.29, 1.82) is 0 Å². The fraction of sp³-hybridized carbons (Fsp3) is 0.529. The van der Waals surface area contributed by atoms with E-state index < -0.39 is 0 Å². The molecule has 0 bridgehead atoms. The number of halogens is 1. The van der Waals surface area contributed by atoms with Crippen LogP contribution in [-0.4, -0.2) is 36.4 Å². The number of benzene rings is 1. The molecule has 5 nitrogen and oxygen atoms in total. The van der Waals surface area contributed by atoms with Crippen molar-refractivity contribution in [2.45, 2.75) is 34.1 Å². The predicted octanol–water partition coefficient (Wildman–Crippen LogP) is 3.57. The second-order valence-corrected chi connectivity index (χ2v) is 5.71. The van der Waals surface area contributed by atoms with Crippen molar-refractivity contribution in [1.82, 2.24) is 4.90 Å². The van der Waals surface area contributed by atoms with E-state index in [1.165, 1.54) is 0 Å². The Balaban J connectivity index is 2.66. The molecular weight excluding hydrogens is 316 g/mol. The second kappa shape index (κ2) is 9.40. The van der Waals surface area contributed by atoms with Crippen LogP contribution < -0.4 is 10.1 Å². The lowest BCUT2D eigenvalue weighted by Crippen LogP contribution is -2.34. The number of rotatable bonds is 8. The highest BCUT2D eigenvalue weighted by molar-refractivity contribution is 6.32. The molecule has 0 heterocycles. The summed E-state index contributed by atoms with van der Waals surface area (Å²) >= 11 is 6.16. The number of hydrogen-bond acceptors (Lipinski definition) is 3. The summed E-state index contributed by atoms with van der Waals surface area (Å²) in [6.07, 6.45) is 0.772. The minimum atomic E-state index is -0.0831. The van der Waals surface area contributed by atoms with Gasteiger partial charge in [0, 0.05) is 24.7 Å². The van der Waals surface area contributed by atoms with Gasteiger partial charge in [0.15, 0.2) is 6.61 Å². The van der Waals surface area contributed by atoms with Gasteiger partial charge in [0.05, 0.1) is 5.02 Å². The molecule has 1 rings (SSSR count). The van der Waals surface area contributed by atoms with Crippen LogP contribution in [0.25, 0.3) is 0 Å². The Morgan fingerprint density at radius 1 is 1.26 bits per heavy atom. The Bertz CT molecular complexity index is 545. The van der Waals surface area contributed by atoms with Gasteiger partial charge in [-0.1, -0.05) is 25.4 Å². The molecule has 0 aliphatic heterocycles. The molecule has 1 N–H and O–H groups in total. The number of hydrogen-bond donors (Lipinski definition) is 1. The first-order chi connectivity index (χ1) is 10.9. The average molecular weight is 341 g/mol. The highest BCUT2D eigenvalue weighted by atomic mass is 35.5. The molecule has 6 heteroatoms. The monoisotopic (exact) mass is 340 g/mol. The van der Waals surface area contributed by atoms with Crippen molar-refractivity contribution < 1.29 is 14.3 Å². The quantitative estimate of drug-likeness (QED) is 0.787. The van der Waals surface area contributed by atoms with Gasteiger partial charge in [0.25, 0.3) is 5.91 Å². The number of ether oxygens (including phenoxy) is 1. The summed E-state index contributed by atoms with van der Waals surface area (Å²) in [6, 6.07) is 4.99.